The molecule has 3 heterocycles. The van der Waals surface area contributed by atoms with E-state index in [1.54, 1.807) is 16.8 Å². The summed E-state index contributed by atoms with van der Waals surface area (Å²) in [6, 6.07) is 1.95. The summed E-state index contributed by atoms with van der Waals surface area (Å²) in [5.74, 6) is 0.347. The second-order valence-electron chi connectivity index (χ2n) is 3.86. The lowest BCUT2D eigenvalue weighted by molar-refractivity contribution is -0.746. The van der Waals surface area contributed by atoms with E-state index in [9.17, 15) is 5.11 Å². The Balaban J connectivity index is 1.96. The van der Waals surface area contributed by atoms with Gasteiger partial charge in [-0.05, 0) is 0 Å². The lowest BCUT2D eigenvalue weighted by Crippen LogP contribution is -2.39. The highest BCUT2D eigenvalue weighted by atomic mass is 16.6. The molecule has 0 aromatic carbocycles. The van der Waals surface area contributed by atoms with Crippen LogP contribution in [0.25, 0.3) is 0 Å². The quantitative estimate of drug-likeness (QED) is 0.477. The molecule has 3 rings (SSSR count). The van der Waals surface area contributed by atoms with Crippen LogP contribution < -0.4 is 15.0 Å². The zero-order chi connectivity index (χ0) is 11.3. The summed E-state index contributed by atoms with van der Waals surface area (Å²) in [7, 11) is 0. The maximum atomic E-state index is 9.82. The van der Waals surface area contributed by atoms with Gasteiger partial charge in [-0.25, -0.2) is 0 Å². The first-order chi connectivity index (χ1) is 7.70. The molecule has 7 nitrogen and oxygen atoms in total. The molecule has 1 fully saturated rings. The summed E-state index contributed by atoms with van der Waals surface area (Å²) >= 11 is 0. The van der Waals surface area contributed by atoms with Gasteiger partial charge in [-0.2, -0.15) is 4.57 Å². The molecule has 86 valence electrons. The molecule has 4 N–H and O–H groups in total. The van der Waals surface area contributed by atoms with E-state index in [4.69, 9.17) is 20.3 Å². The van der Waals surface area contributed by atoms with Crippen LogP contribution in [0, 0.1) is 0 Å². The number of ether oxygens (including phenoxy) is 2. The Bertz CT molecular complexity index is 427. The fourth-order valence-electron chi connectivity index (χ4n) is 2.05. The van der Waals surface area contributed by atoms with Crippen molar-refractivity contribution in [2.75, 3.05) is 12.3 Å². The maximum Gasteiger partial charge on any atom is 0.503 e. The molecule has 0 radical (unpaired) electrons. The molecule has 4 atom stereocenters. The van der Waals surface area contributed by atoms with E-state index in [1.807, 2.05) is 0 Å². The van der Waals surface area contributed by atoms with Gasteiger partial charge in [-0.3, -0.25) is 0 Å². The molecule has 0 spiro atoms. The summed E-state index contributed by atoms with van der Waals surface area (Å²) in [6.45, 7) is -0.240. The molecule has 0 amide bonds. The van der Waals surface area contributed by atoms with Crippen LogP contribution in [-0.2, 0) is 4.74 Å². The van der Waals surface area contributed by atoms with Gasteiger partial charge >= 0.3 is 6.01 Å². The standard InChI is InChI=1S/C9H11N3O4/c10-5-1-2-12-8-7(16-9(12)11-5)6(14)4(3-13)15-8/h1-2,4,6-8,10,13-14H,3H2/p+1/t4-,6?,7?,8-/m1/s1. The number of rotatable bonds is 1. The Morgan fingerprint density at radius 3 is 3.12 bits per heavy atom. The fraction of sp³-hybridized carbons (Fsp3) is 0.556. The normalized spacial score (nSPS) is 35.6. The first kappa shape index (κ1) is 9.76. The molecule has 2 unspecified atom stereocenters. The van der Waals surface area contributed by atoms with Crippen molar-refractivity contribution >= 4 is 5.82 Å². The Hall–Kier alpha value is -1.44. The van der Waals surface area contributed by atoms with E-state index in [0.717, 1.165) is 0 Å². The minimum Gasteiger partial charge on any atom is -0.414 e. The summed E-state index contributed by atoms with van der Waals surface area (Å²) in [5, 5.41) is 18.8. The number of nitrogens with two attached hydrogens (primary N) is 1. The van der Waals surface area contributed by atoms with Crippen molar-refractivity contribution in [2.24, 2.45) is 0 Å². The van der Waals surface area contributed by atoms with E-state index in [2.05, 4.69) is 4.98 Å². The third-order valence-corrected chi connectivity index (χ3v) is 2.86. The number of aliphatic hydroxyl groups excluding tert-OH is 2. The van der Waals surface area contributed by atoms with E-state index >= 15 is 0 Å². The van der Waals surface area contributed by atoms with Gasteiger partial charge in [0.2, 0.25) is 18.1 Å². The maximum absolute atomic E-state index is 9.82. The molecule has 2 aliphatic heterocycles. The number of aromatic nitrogens is 2. The van der Waals surface area contributed by atoms with E-state index in [0.29, 0.717) is 11.8 Å². The number of hydrogen-bond acceptors (Lipinski definition) is 6. The highest BCUT2D eigenvalue weighted by Crippen LogP contribution is 2.33. The largest absolute Gasteiger partial charge is 0.503 e. The SMILES string of the molecule is Nc1cc[n+]2c(n1)OC1C(O)[C@@H](CO)O[C@H]12. The molecule has 0 aliphatic carbocycles. The Morgan fingerprint density at radius 2 is 2.38 bits per heavy atom. The number of hydrogen-bond donors (Lipinski definition) is 3. The molecule has 1 aromatic rings. The van der Waals surface area contributed by atoms with Crippen LogP contribution in [0.15, 0.2) is 12.3 Å². The van der Waals surface area contributed by atoms with Crippen LogP contribution in [0.5, 0.6) is 6.01 Å². The van der Waals surface area contributed by atoms with Crippen LogP contribution in [-0.4, -0.2) is 40.1 Å². The molecule has 0 bridgehead atoms. The van der Waals surface area contributed by atoms with Crippen LogP contribution in [0.4, 0.5) is 5.82 Å². The van der Waals surface area contributed by atoms with Gasteiger partial charge in [0.15, 0.2) is 0 Å². The van der Waals surface area contributed by atoms with Gasteiger partial charge in [0, 0.05) is 11.1 Å². The molecule has 1 saturated heterocycles. The van der Waals surface area contributed by atoms with Crippen molar-refractivity contribution in [3.63, 3.8) is 0 Å². The van der Waals surface area contributed by atoms with E-state index < -0.39 is 24.5 Å². The fourth-order valence-corrected chi connectivity index (χ4v) is 2.05. The Labute approximate surface area is 91.0 Å². The molecule has 7 heteroatoms. The molecule has 1 aromatic heterocycles. The van der Waals surface area contributed by atoms with Crippen molar-refractivity contribution < 1.29 is 24.3 Å². The number of fused-ring (bicyclic) bond motifs is 3. The second kappa shape index (κ2) is 3.27. The van der Waals surface area contributed by atoms with Crippen molar-refractivity contribution in [1.29, 1.82) is 0 Å². The van der Waals surface area contributed by atoms with Crippen molar-refractivity contribution in [2.45, 2.75) is 24.5 Å². The number of nitrogen functional groups attached to an aromatic ring is 1. The molecule has 0 saturated carbocycles. The molecule has 16 heavy (non-hydrogen) atoms. The van der Waals surface area contributed by atoms with Crippen molar-refractivity contribution in [3.8, 4) is 6.01 Å². The Kier molecular flexibility index (Phi) is 2.00. The van der Waals surface area contributed by atoms with Gasteiger partial charge in [0.05, 0.1) is 6.61 Å². The predicted octanol–water partition coefficient (Wildman–Crippen LogP) is -2.04. The summed E-state index contributed by atoms with van der Waals surface area (Å²) in [4.78, 5) is 3.99. The van der Waals surface area contributed by atoms with Crippen LogP contribution >= 0.6 is 0 Å². The van der Waals surface area contributed by atoms with Gasteiger partial charge in [0.1, 0.15) is 18.4 Å². The summed E-state index contributed by atoms with van der Waals surface area (Å²) < 4.78 is 12.6. The van der Waals surface area contributed by atoms with Crippen LogP contribution in [0.1, 0.15) is 6.23 Å². The van der Waals surface area contributed by atoms with Gasteiger partial charge in [-0.15, -0.1) is 0 Å². The second-order valence-corrected chi connectivity index (χ2v) is 3.86. The van der Waals surface area contributed by atoms with Crippen molar-refractivity contribution in [1.82, 2.24) is 4.98 Å². The van der Waals surface area contributed by atoms with Crippen molar-refractivity contribution in [3.05, 3.63) is 12.3 Å². The minimum absolute atomic E-state index is 0.240. The molecule has 2 aliphatic rings. The first-order valence-corrected chi connectivity index (χ1v) is 4.99. The van der Waals surface area contributed by atoms with Gasteiger partial charge < -0.3 is 25.4 Å². The summed E-state index contributed by atoms with van der Waals surface area (Å²) in [6.07, 6.45) is -0.776. The lowest BCUT2D eigenvalue weighted by atomic mass is 10.1. The number of anilines is 1. The lowest BCUT2D eigenvalue weighted by Gasteiger charge is -2.11. The molecular formula is C9H12N3O4+. The van der Waals surface area contributed by atoms with Gasteiger partial charge in [0.25, 0.3) is 0 Å². The highest BCUT2D eigenvalue weighted by Gasteiger charge is 2.55. The van der Waals surface area contributed by atoms with Gasteiger partial charge in [-0.1, -0.05) is 0 Å². The molecular weight excluding hydrogens is 214 g/mol. The highest BCUT2D eigenvalue weighted by molar-refractivity contribution is 5.25. The van der Waals surface area contributed by atoms with E-state index in [-0.39, 0.29) is 6.61 Å². The Morgan fingerprint density at radius 1 is 1.56 bits per heavy atom. The zero-order valence-corrected chi connectivity index (χ0v) is 8.35. The van der Waals surface area contributed by atoms with Crippen LogP contribution in [0.2, 0.25) is 0 Å². The monoisotopic (exact) mass is 226 g/mol. The average Bonchev–Trinajstić information content (AvgIpc) is 2.75. The smallest absolute Gasteiger partial charge is 0.414 e. The number of nitrogens with zero attached hydrogens (tertiary/aromatic N) is 2. The zero-order valence-electron chi connectivity index (χ0n) is 8.35. The first-order valence-electron chi connectivity index (χ1n) is 4.99. The van der Waals surface area contributed by atoms with Crippen LogP contribution in [0.3, 0.4) is 0 Å². The minimum atomic E-state index is -0.863. The summed E-state index contributed by atoms with van der Waals surface area (Å²) in [5.41, 5.74) is 5.52. The van der Waals surface area contributed by atoms with E-state index in [1.165, 1.54) is 0 Å². The topological polar surface area (TPSA) is 102 Å². The third kappa shape index (κ3) is 1.19. The predicted molar refractivity (Wildman–Crippen MR) is 50.3 cm³/mol. The number of aliphatic hydroxyl groups is 2. The average molecular weight is 226 g/mol. The third-order valence-electron chi connectivity index (χ3n) is 2.86.